The monoisotopic (exact) mass is 231 g/mol. The number of rotatable bonds is 5. The van der Waals surface area contributed by atoms with Crippen molar-refractivity contribution in [3.05, 3.63) is 0 Å². The second kappa shape index (κ2) is 5.23. The van der Waals surface area contributed by atoms with Crippen LogP contribution in [0.25, 0.3) is 0 Å². The lowest BCUT2D eigenvalue weighted by atomic mass is 10.2. The van der Waals surface area contributed by atoms with Gasteiger partial charge in [0.05, 0.1) is 12.1 Å². The number of carbonyl (C=O) groups excluding carboxylic acids is 1. The maximum absolute atomic E-state index is 10.8. The number of hydrogen-bond acceptors (Lipinski definition) is 3. The highest BCUT2D eigenvalue weighted by Gasteiger charge is 2.39. The first-order chi connectivity index (χ1) is 6.65. The number of nitrogens with one attached hydrogen (secondary N) is 1. The van der Waals surface area contributed by atoms with Crippen LogP contribution in [0.1, 0.15) is 27.7 Å². The molecular formula is C11H25NO2Si. The molecule has 0 saturated heterocycles. The fourth-order valence-corrected chi connectivity index (χ4v) is 2.56. The maximum Gasteiger partial charge on any atom is 0.192 e. The molecule has 4 heteroatoms. The standard InChI is InChI=1S/C11H25NO2Si/c1-9(10(8-13)12-5)14-15(6,7)11(2,3)4/h8-10,12H,1-7H3/t9?,10-/m1/s1. The Kier molecular flexibility index (Phi) is 5.16. The van der Waals surface area contributed by atoms with Crippen LogP contribution < -0.4 is 5.32 Å². The summed E-state index contributed by atoms with van der Waals surface area (Å²) in [5, 5.41) is 3.14. The van der Waals surface area contributed by atoms with Crippen LogP contribution in [0.5, 0.6) is 0 Å². The van der Waals surface area contributed by atoms with Crippen molar-refractivity contribution in [1.29, 1.82) is 0 Å². The van der Waals surface area contributed by atoms with Crippen LogP contribution in [0.3, 0.4) is 0 Å². The molecule has 1 N–H and O–H groups in total. The Hall–Kier alpha value is -0.193. The minimum atomic E-state index is -1.76. The van der Waals surface area contributed by atoms with Crippen LogP contribution in [0.15, 0.2) is 0 Å². The second-order valence-corrected chi connectivity index (χ2v) is 10.3. The van der Waals surface area contributed by atoms with E-state index in [4.69, 9.17) is 4.43 Å². The fraction of sp³-hybridized carbons (Fsp3) is 0.909. The molecule has 0 radical (unpaired) electrons. The van der Waals surface area contributed by atoms with Crippen molar-refractivity contribution < 1.29 is 9.22 Å². The van der Waals surface area contributed by atoms with E-state index in [1.807, 2.05) is 6.92 Å². The molecule has 0 spiro atoms. The topological polar surface area (TPSA) is 38.3 Å². The molecule has 0 aliphatic heterocycles. The lowest BCUT2D eigenvalue weighted by molar-refractivity contribution is -0.111. The van der Waals surface area contributed by atoms with Crippen LogP contribution in [-0.2, 0) is 9.22 Å². The van der Waals surface area contributed by atoms with E-state index in [0.29, 0.717) is 0 Å². The minimum Gasteiger partial charge on any atom is -0.412 e. The van der Waals surface area contributed by atoms with Crippen LogP contribution >= 0.6 is 0 Å². The van der Waals surface area contributed by atoms with Gasteiger partial charge in [-0.2, -0.15) is 0 Å². The first-order valence-corrected chi connectivity index (χ1v) is 8.37. The Balaban J connectivity index is 4.52. The van der Waals surface area contributed by atoms with Gasteiger partial charge in [-0.1, -0.05) is 20.8 Å². The summed E-state index contributed by atoms with van der Waals surface area (Å²) in [6, 6.07) is -0.209. The highest BCUT2D eigenvalue weighted by atomic mass is 28.4. The van der Waals surface area contributed by atoms with Gasteiger partial charge in [-0.3, -0.25) is 0 Å². The molecule has 0 aliphatic rings. The summed E-state index contributed by atoms with van der Waals surface area (Å²) in [5.41, 5.74) is 0. The Morgan fingerprint density at radius 3 is 2.07 bits per heavy atom. The number of carbonyl (C=O) groups is 1. The Morgan fingerprint density at radius 1 is 1.33 bits per heavy atom. The van der Waals surface area contributed by atoms with E-state index < -0.39 is 8.32 Å². The second-order valence-electron chi connectivity index (χ2n) is 5.53. The molecule has 0 fully saturated rings. The van der Waals surface area contributed by atoms with Crippen LogP contribution in [-0.4, -0.2) is 33.8 Å². The zero-order valence-electron chi connectivity index (χ0n) is 11.0. The van der Waals surface area contributed by atoms with Crippen LogP contribution in [0.2, 0.25) is 18.1 Å². The molecule has 15 heavy (non-hydrogen) atoms. The third-order valence-corrected chi connectivity index (χ3v) is 7.85. The van der Waals surface area contributed by atoms with Gasteiger partial charge in [-0.05, 0) is 32.1 Å². The van der Waals surface area contributed by atoms with E-state index in [-0.39, 0.29) is 17.2 Å². The summed E-state index contributed by atoms with van der Waals surface area (Å²) in [6.07, 6.45) is 0.853. The summed E-state index contributed by atoms with van der Waals surface area (Å²) in [5.74, 6) is 0. The molecule has 90 valence electrons. The van der Waals surface area contributed by atoms with Crippen molar-refractivity contribution in [2.45, 2.75) is 58.0 Å². The zero-order chi connectivity index (χ0) is 12.3. The fourth-order valence-electron chi connectivity index (χ4n) is 1.13. The lowest BCUT2D eigenvalue weighted by Gasteiger charge is -2.39. The van der Waals surface area contributed by atoms with E-state index in [9.17, 15) is 4.79 Å². The van der Waals surface area contributed by atoms with Gasteiger partial charge in [0.1, 0.15) is 6.29 Å². The van der Waals surface area contributed by atoms with Crippen molar-refractivity contribution in [3.8, 4) is 0 Å². The van der Waals surface area contributed by atoms with Crippen molar-refractivity contribution in [3.63, 3.8) is 0 Å². The number of likely N-dealkylation sites (N-methyl/N-ethyl adjacent to an activating group) is 1. The van der Waals surface area contributed by atoms with Crippen LogP contribution in [0, 0.1) is 0 Å². The minimum absolute atomic E-state index is 0.0617. The molecule has 0 rings (SSSR count). The molecule has 1 unspecified atom stereocenters. The van der Waals surface area contributed by atoms with Gasteiger partial charge in [0.25, 0.3) is 0 Å². The average molecular weight is 231 g/mol. The lowest BCUT2D eigenvalue weighted by Crippen LogP contribution is -2.49. The SMILES string of the molecule is CN[C@H](C=O)C(C)O[Si](C)(C)C(C)(C)C. The average Bonchev–Trinajstić information content (AvgIpc) is 2.03. The van der Waals surface area contributed by atoms with E-state index in [1.54, 1.807) is 7.05 Å². The Bertz CT molecular complexity index is 211. The number of aldehydes is 1. The predicted octanol–water partition coefficient (Wildman–Crippen LogP) is 2.18. The van der Waals surface area contributed by atoms with E-state index in [1.165, 1.54) is 0 Å². The van der Waals surface area contributed by atoms with Crippen molar-refractivity contribution in [1.82, 2.24) is 5.32 Å². The van der Waals surface area contributed by atoms with Gasteiger partial charge in [0.2, 0.25) is 0 Å². The van der Waals surface area contributed by atoms with Crippen molar-refractivity contribution >= 4 is 14.6 Å². The van der Waals surface area contributed by atoms with Gasteiger partial charge in [0.15, 0.2) is 8.32 Å². The van der Waals surface area contributed by atoms with Crippen molar-refractivity contribution in [2.75, 3.05) is 7.05 Å². The molecule has 0 saturated carbocycles. The third kappa shape index (κ3) is 4.05. The first kappa shape index (κ1) is 14.8. The molecule has 0 aromatic heterocycles. The highest BCUT2D eigenvalue weighted by molar-refractivity contribution is 6.74. The molecule has 0 heterocycles. The largest absolute Gasteiger partial charge is 0.412 e. The van der Waals surface area contributed by atoms with E-state index in [0.717, 1.165) is 6.29 Å². The summed E-state index contributed by atoms with van der Waals surface area (Å²) in [7, 11) is 0.0201. The van der Waals surface area contributed by atoms with E-state index in [2.05, 4.69) is 39.2 Å². The molecule has 0 aromatic carbocycles. The molecule has 0 bridgehead atoms. The molecule has 0 aromatic rings. The molecule has 3 nitrogen and oxygen atoms in total. The Labute approximate surface area is 94.7 Å². The zero-order valence-corrected chi connectivity index (χ0v) is 12.0. The molecule has 2 atom stereocenters. The third-order valence-electron chi connectivity index (χ3n) is 3.27. The Morgan fingerprint density at radius 2 is 1.80 bits per heavy atom. The van der Waals surface area contributed by atoms with Gasteiger partial charge in [-0.25, -0.2) is 0 Å². The van der Waals surface area contributed by atoms with Gasteiger partial charge >= 0.3 is 0 Å². The summed E-state index contributed by atoms with van der Waals surface area (Å²) in [4.78, 5) is 10.8. The number of hydrogen-bond donors (Lipinski definition) is 1. The van der Waals surface area contributed by atoms with Crippen LogP contribution in [0.4, 0.5) is 0 Å². The molecule has 0 amide bonds. The van der Waals surface area contributed by atoms with Gasteiger partial charge in [0, 0.05) is 0 Å². The quantitative estimate of drug-likeness (QED) is 0.582. The van der Waals surface area contributed by atoms with E-state index >= 15 is 0 Å². The molecular weight excluding hydrogens is 206 g/mol. The van der Waals surface area contributed by atoms with Gasteiger partial charge < -0.3 is 14.5 Å². The normalized spacial score (nSPS) is 17.3. The van der Waals surface area contributed by atoms with Crippen molar-refractivity contribution in [2.24, 2.45) is 0 Å². The molecule has 0 aliphatic carbocycles. The van der Waals surface area contributed by atoms with Gasteiger partial charge in [-0.15, -0.1) is 0 Å². The summed E-state index contributed by atoms with van der Waals surface area (Å²) < 4.78 is 6.09. The predicted molar refractivity (Wildman–Crippen MR) is 66.7 cm³/mol. The maximum atomic E-state index is 10.8. The summed E-state index contributed by atoms with van der Waals surface area (Å²) in [6.45, 7) is 12.9. The first-order valence-electron chi connectivity index (χ1n) is 5.46. The summed E-state index contributed by atoms with van der Waals surface area (Å²) >= 11 is 0. The highest BCUT2D eigenvalue weighted by Crippen LogP contribution is 2.37. The smallest absolute Gasteiger partial charge is 0.192 e.